The highest BCUT2D eigenvalue weighted by atomic mass is 16.6. The van der Waals surface area contributed by atoms with E-state index in [2.05, 4.69) is 5.32 Å². The van der Waals surface area contributed by atoms with Crippen LogP contribution in [0.15, 0.2) is 12.1 Å². The zero-order chi connectivity index (χ0) is 12.3. The summed E-state index contributed by atoms with van der Waals surface area (Å²) in [6.45, 7) is 3.57. The maximum atomic E-state index is 10.9. The highest BCUT2D eigenvalue weighted by Crippen LogP contribution is 2.39. The van der Waals surface area contributed by atoms with Gasteiger partial charge in [-0.1, -0.05) is 6.92 Å². The summed E-state index contributed by atoms with van der Waals surface area (Å²) in [6, 6.07) is 3.04. The summed E-state index contributed by atoms with van der Waals surface area (Å²) in [6.07, 6.45) is 0.894. The van der Waals surface area contributed by atoms with Crippen molar-refractivity contribution < 1.29 is 14.4 Å². The number of nitro groups is 1. The number of nitrogens with zero attached hydrogens (tertiary/aromatic N) is 1. The minimum atomic E-state index is -0.420. The van der Waals surface area contributed by atoms with Crippen LogP contribution in [-0.2, 0) is 0 Å². The van der Waals surface area contributed by atoms with E-state index in [9.17, 15) is 10.1 Å². The van der Waals surface area contributed by atoms with E-state index >= 15 is 0 Å². The van der Waals surface area contributed by atoms with Crippen LogP contribution < -0.4 is 14.8 Å². The first-order valence-corrected chi connectivity index (χ1v) is 5.54. The summed E-state index contributed by atoms with van der Waals surface area (Å²) in [4.78, 5) is 10.5. The normalized spacial score (nSPS) is 13.2. The van der Waals surface area contributed by atoms with Crippen LogP contribution in [0.2, 0.25) is 0 Å². The standard InChI is InChI=1S/C11H14N2O4/c1-2-3-12-8-6-10-11(17-5-4-16-10)7-9(8)13(14)15/h6-7,12H,2-5H2,1H3. The number of anilines is 1. The fraction of sp³-hybridized carbons (Fsp3) is 0.455. The Morgan fingerprint density at radius 1 is 1.35 bits per heavy atom. The molecule has 1 N–H and O–H groups in total. The Morgan fingerprint density at radius 2 is 2.00 bits per heavy atom. The Labute approximate surface area is 98.7 Å². The summed E-state index contributed by atoms with van der Waals surface area (Å²) in [5.74, 6) is 0.991. The lowest BCUT2D eigenvalue weighted by Gasteiger charge is -2.19. The van der Waals surface area contributed by atoms with Crippen LogP contribution in [0.5, 0.6) is 11.5 Å². The van der Waals surface area contributed by atoms with Gasteiger partial charge in [-0.2, -0.15) is 0 Å². The van der Waals surface area contributed by atoms with Crippen LogP contribution in [0.25, 0.3) is 0 Å². The second-order valence-electron chi connectivity index (χ2n) is 3.70. The molecule has 1 aromatic carbocycles. The van der Waals surface area contributed by atoms with Gasteiger partial charge in [-0.25, -0.2) is 0 Å². The van der Waals surface area contributed by atoms with Gasteiger partial charge in [0.2, 0.25) is 0 Å². The average molecular weight is 238 g/mol. The van der Waals surface area contributed by atoms with Gasteiger partial charge in [-0.15, -0.1) is 0 Å². The van der Waals surface area contributed by atoms with Crippen LogP contribution >= 0.6 is 0 Å². The number of rotatable bonds is 4. The van der Waals surface area contributed by atoms with Gasteiger partial charge < -0.3 is 14.8 Å². The molecule has 0 amide bonds. The van der Waals surface area contributed by atoms with E-state index in [-0.39, 0.29) is 5.69 Å². The van der Waals surface area contributed by atoms with Gasteiger partial charge in [-0.3, -0.25) is 10.1 Å². The fourth-order valence-electron chi connectivity index (χ4n) is 1.63. The molecule has 0 fully saturated rings. The summed E-state index contributed by atoms with van der Waals surface area (Å²) in [5.41, 5.74) is 0.490. The lowest BCUT2D eigenvalue weighted by atomic mass is 10.2. The smallest absolute Gasteiger partial charge is 0.296 e. The molecule has 2 rings (SSSR count). The monoisotopic (exact) mass is 238 g/mol. The van der Waals surface area contributed by atoms with Gasteiger partial charge in [0.1, 0.15) is 18.9 Å². The predicted octanol–water partition coefficient (Wildman–Crippen LogP) is 2.19. The first-order valence-electron chi connectivity index (χ1n) is 5.54. The van der Waals surface area contributed by atoms with Crippen molar-refractivity contribution in [1.29, 1.82) is 0 Å². The number of nitrogens with one attached hydrogen (secondary N) is 1. The molecule has 0 unspecified atom stereocenters. The summed E-state index contributed by atoms with van der Waals surface area (Å²) in [7, 11) is 0. The van der Waals surface area contributed by atoms with Crippen molar-refractivity contribution in [3.05, 3.63) is 22.2 Å². The van der Waals surface area contributed by atoms with Crippen LogP contribution in [-0.4, -0.2) is 24.7 Å². The van der Waals surface area contributed by atoms with Crippen molar-refractivity contribution in [3.63, 3.8) is 0 Å². The Hall–Kier alpha value is -1.98. The van der Waals surface area contributed by atoms with Crippen molar-refractivity contribution in [1.82, 2.24) is 0 Å². The second-order valence-corrected chi connectivity index (χ2v) is 3.70. The largest absolute Gasteiger partial charge is 0.486 e. The minimum Gasteiger partial charge on any atom is -0.486 e. The fourth-order valence-corrected chi connectivity index (χ4v) is 1.63. The first-order chi connectivity index (χ1) is 8.22. The maximum absolute atomic E-state index is 10.9. The molecule has 0 saturated heterocycles. The highest BCUT2D eigenvalue weighted by molar-refractivity contribution is 5.68. The molecule has 1 aliphatic rings. The van der Waals surface area contributed by atoms with E-state index < -0.39 is 4.92 Å². The van der Waals surface area contributed by atoms with Gasteiger partial charge in [0.05, 0.1) is 11.0 Å². The summed E-state index contributed by atoms with van der Waals surface area (Å²) < 4.78 is 10.7. The van der Waals surface area contributed by atoms with E-state index in [1.54, 1.807) is 6.07 Å². The molecular formula is C11H14N2O4. The van der Waals surface area contributed by atoms with Crippen molar-refractivity contribution in [2.75, 3.05) is 25.1 Å². The molecule has 0 bridgehead atoms. The molecular weight excluding hydrogens is 224 g/mol. The molecule has 17 heavy (non-hydrogen) atoms. The van der Waals surface area contributed by atoms with E-state index in [4.69, 9.17) is 9.47 Å². The van der Waals surface area contributed by atoms with Crippen LogP contribution in [0, 0.1) is 10.1 Å². The number of fused-ring (bicyclic) bond motifs is 1. The molecule has 0 saturated carbocycles. The number of nitro benzene ring substituents is 1. The highest BCUT2D eigenvalue weighted by Gasteiger charge is 2.21. The third-order valence-electron chi connectivity index (χ3n) is 2.42. The van der Waals surface area contributed by atoms with Crippen LogP contribution in [0.3, 0.4) is 0 Å². The topological polar surface area (TPSA) is 73.6 Å². The number of hydrogen-bond acceptors (Lipinski definition) is 5. The van der Waals surface area contributed by atoms with Gasteiger partial charge in [0.25, 0.3) is 5.69 Å². The lowest BCUT2D eigenvalue weighted by Crippen LogP contribution is -2.16. The Balaban J connectivity index is 2.37. The minimum absolute atomic E-state index is 0.0164. The van der Waals surface area contributed by atoms with E-state index in [1.165, 1.54) is 6.07 Å². The van der Waals surface area contributed by atoms with Crippen molar-refractivity contribution in [2.45, 2.75) is 13.3 Å². The second kappa shape index (κ2) is 4.90. The third kappa shape index (κ3) is 2.41. The van der Waals surface area contributed by atoms with Crippen LogP contribution in [0.4, 0.5) is 11.4 Å². The molecule has 0 aromatic heterocycles. The first kappa shape index (κ1) is 11.5. The molecule has 1 aliphatic heterocycles. The van der Waals surface area contributed by atoms with Gasteiger partial charge >= 0.3 is 0 Å². The molecule has 0 atom stereocenters. The lowest BCUT2D eigenvalue weighted by molar-refractivity contribution is -0.384. The predicted molar refractivity (Wildman–Crippen MR) is 62.9 cm³/mol. The Kier molecular flexibility index (Phi) is 3.32. The van der Waals surface area contributed by atoms with Crippen molar-refractivity contribution >= 4 is 11.4 Å². The van der Waals surface area contributed by atoms with Crippen molar-refractivity contribution in [3.8, 4) is 11.5 Å². The maximum Gasteiger partial charge on any atom is 0.296 e. The molecule has 0 radical (unpaired) electrons. The van der Waals surface area contributed by atoms with E-state index in [1.807, 2.05) is 6.92 Å². The molecule has 1 heterocycles. The zero-order valence-electron chi connectivity index (χ0n) is 9.56. The molecule has 0 spiro atoms. The summed E-state index contributed by atoms with van der Waals surface area (Å²) in [5, 5.41) is 14.0. The van der Waals surface area contributed by atoms with E-state index in [0.29, 0.717) is 36.9 Å². The van der Waals surface area contributed by atoms with E-state index in [0.717, 1.165) is 6.42 Å². The number of ether oxygens (including phenoxy) is 2. The van der Waals surface area contributed by atoms with Crippen molar-refractivity contribution in [2.24, 2.45) is 0 Å². The van der Waals surface area contributed by atoms with Gasteiger partial charge in [-0.05, 0) is 6.42 Å². The molecule has 92 valence electrons. The zero-order valence-corrected chi connectivity index (χ0v) is 9.56. The summed E-state index contributed by atoms with van der Waals surface area (Å²) >= 11 is 0. The Morgan fingerprint density at radius 3 is 2.59 bits per heavy atom. The number of hydrogen-bond donors (Lipinski definition) is 1. The number of benzene rings is 1. The van der Waals surface area contributed by atoms with Crippen LogP contribution in [0.1, 0.15) is 13.3 Å². The molecule has 1 aromatic rings. The Bertz CT molecular complexity index is 434. The third-order valence-corrected chi connectivity index (χ3v) is 2.42. The average Bonchev–Trinajstić information content (AvgIpc) is 2.35. The quantitative estimate of drug-likeness (QED) is 0.643. The SMILES string of the molecule is CCCNc1cc2c(cc1[N+](=O)[O-])OCCO2. The van der Waals surface area contributed by atoms with Gasteiger partial charge in [0.15, 0.2) is 11.5 Å². The molecule has 0 aliphatic carbocycles. The molecule has 6 heteroatoms. The molecule has 6 nitrogen and oxygen atoms in total. The van der Waals surface area contributed by atoms with Gasteiger partial charge in [0, 0.05) is 12.6 Å².